The molecule has 2 aromatic carbocycles. The summed E-state index contributed by atoms with van der Waals surface area (Å²) in [6.45, 7) is 5.36. The maximum absolute atomic E-state index is 13.3. The van der Waals surface area contributed by atoms with Crippen molar-refractivity contribution in [3.05, 3.63) is 65.9 Å². The number of benzene rings is 2. The van der Waals surface area contributed by atoms with Gasteiger partial charge in [0, 0.05) is 18.1 Å². The predicted octanol–water partition coefficient (Wildman–Crippen LogP) is 5.19. The minimum absolute atomic E-state index is 0.168. The van der Waals surface area contributed by atoms with Gasteiger partial charge >= 0.3 is 12.4 Å². The van der Waals surface area contributed by atoms with E-state index in [4.69, 9.17) is 0 Å². The third kappa shape index (κ3) is 3.74. The highest BCUT2D eigenvalue weighted by Crippen LogP contribution is 2.35. The van der Waals surface area contributed by atoms with Gasteiger partial charge in [0.25, 0.3) is 5.91 Å². The van der Waals surface area contributed by atoms with Gasteiger partial charge in [-0.15, -0.1) is 13.2 Å². The van der Waals surface area contributed by atoms with Crippen LogP contribution in [0, 0.1) is 6.92 Å². The van der Waals surface area contributed by atoms with Gasteiger partial charge in [0.05, 0.1) is 11.2 Å². The molecule has 1 fully saturated rings. The van der Waals surface area contributed by atoms with E-state index in [1.54, 1.807) is 20.0 Å². The number of carbonyl (C=O) groups is 2. The molecule has 3 aromatic rings. The second-order valence-electron chi connectivity index (χ2n) is 8.05. The van der Waals surface area contributed by atoms with Crippen molar-refractivity contribution in [3.8, 4) is 5.75 Å². The van der Waals surface area contributed by atoms with Crippen molar-refractivity contribution in [2.24, 2.45) is 0 Å². The lowest BCUT2D eigenvalue weighted by molar-refractivity contribution is -0.274. The zero-order valence-corrected chi connectivity index (χ0v) is 17.6. The Kier molecular flexibility index (Phi) is 5.07. The van der Waals surface area contributed by atoms with Gasteiger partial charge in [-0.25, -0.2) is 9.69 Å². The maximum Gasteiger partial charge on any atom is 0.573 e. The molecule has 0 bridgehead atoms. The molecule has 0 atom stereocenters. The van der Waals surface area contributed by atoms with Gasteiger partial charge in [0.2, 0.25) is 0 Å². The van der Waals surface area contributed by atoms with E-state index in [2.05, 4.69) is 9.72 Å². The summed E-state index contributed by atoms with van der Waals surface area (Å²) in [6.07, 6.45) is -3.10. The number of rotatable bonds is 4. The monoisotopic (exact) mass is 443 g/mol. The van der Waals surface area contributed by atoms with E-state index in [0.717, 1.165) is 39.1 Å². The number of para-hydroxylation sites is 1. The summed E-state index contributed by atoms with van der Waals surface area (Å²) in [5, 5.41) is 0.885. The zero-order valence-electron chi connectivity index (χ0n) is 17.6. The number of aromatic nitrogens is 1. The van der Waals surface area contributed by atoms with Gasteiger partial charge < -0.3 is 9.64 Å². The van der Waals surface area contributed by atoms with Gasteiger partial charge in [0.15, 0.2) is 0 Å². The van der Waals surface area contributed by atoms with Crippen LogP contribution in [0.4, 0.5) is 23.7 Å². The van der Waals surface area contributed by atoms with Crippen molar-refractivity contribution in [1.29, 1.82) is 0 Å². The molecule has 0 spiro atoms. The fraction of sp³-hybridized carbons (Fsp3) is 0.261. The van der Waals surface area contributed by atoms with Gasteiger partial charge in [-0.05, 0) is 62.2 Å². The lowest BCUT2D eigenvalue weighted by Gasteiger charge is -2.28. The number of hydrogen-bond donors (Lipinski definition) is 0. The molecule has 1 aromatic heterocycles. The number of hydrogen-bond acceptors (Lipinski definition) is 4. The van der Waals surface area contributed by atoms with E-state index in [0.29, 0.717) is 0 Å². The minimum atomic E-state index is -4.83. The van der Waals surface area contributed by atoms with Crippen molar-refractivity contribution in [1.82, 2.24) is 9.88 Å². The van der Waals surface area contributed by atoms with E-state index >= 15 is 0 Å². The number of fused-ring (bicyclic) bond motifs is 1. The second kappa shape index (κ2) is 7.51. The molecule has 3 amide bonds. The van der Waals surface area contributed by atoms with Crippen molar-refractivity contribution in [2.45, 2.75) is 39.2 Å². The number of anilines is 1. The largest absolute Gasteiger partial charge is 0.573 e. The van der Waals surface area contributed by atoms with Gasteiger partial charge in [-0.1, -0.05) is 18.2 Å². The molecule has 166 valence electrons. The quantitative estimate of drug-likeness (QED) is 0.521. The van der Waals surface area contributed by atoms with Crippen LogP contribution in [0.3, 0.4) is 0 Å². The number of amides is 3. The first kappa shape index (κ1) is 21.6. The first-order valence-corrected chi connectivity index (χ1v) is 9.84. The molecule has 9 heteroatoms. The molecule has 0 radical (unpaired) electrons. The maximum atomic E-state index is 13.3. The van der Waals surface area contributed by atoms with Crippen LogP contribution in [-0.2, 0) is 11.3 Å². The lowest BCUT2D eigenvalue weighted by atomic mass is 10.00. The molecule has 2 heterocycles. The Morgan fingerprint density at radius 1 is 1.03 bits per heavy atom. The number of aryl methyl sites for hydroxylation is 1. The number of imide groups is 1. The average molecular weight is 443 g/mol. The average Bonchev–Trinajstić information content (AvgIpc) is 2.89. The molecule has 1 aliphatic heterocycles. The SMILES string of the molecule is Cc1cnc2ccccc2c1CN1C(=O)N(c2ccc(OC(F)(F)F)cc2)C(=O)C1(C)C. The topological polar surface area (TPSA) is 62.7 Å². The van der Waals surface area contributed by atoms with Crippen molar-refractivity contribution in [2.75, 3.05) is 4.90 Å². The summed E-state index contributed by atoms with van der Waals surface area (Å²) < 4.78 is 41.1. The molecule has 0 unspecified atom stereocenters. The van der Waals surface area contributed by atoms with Crippen LogP contribution in [0.25, 0.3) is 10.9 Å². The smallest absolute Gasteiger partial charge is 0.406 e. The Hall–Kier alpha value is -3.62. The van der Waals surface area contributed by atoms with Crippen LogP contribution in [0.2, 0.25) is 0 Å². The standard InChI is InChI=1S/C23H20F3N3O3/c1-14-12-27-19-7-5-4-6-17(19)18(14)13-28-21(31)29(20(30)22(28,2)3)15-8-10-16(11-9-15)32-23(24,25)26/h4-12H,13H2,1-3H3. The van der Waals surface area contributed by atoms with Gasteiger partial charge in [-0.2, -0.15) is 0 Å². The molecule has 4 rings (SSSR count). The molecular formula is C23H20F3N3O3. The molecule has 1 aliphatic rings. The first-order chi connectivity index (χ1) is 15.0. The number of ether oxygens (including phenoxy) is 1. The molecule has 0 aliphatic carbocycles. The van der Waals surface area contributed by atoms with Crippen molar-refractivity contribution in [3.63, 3.8) is 0 Å². The van der Waals surface area contributed by atoms with E-state index in [1.807, 2.05) is 31.2 Å². The number of pyridine rings is 1. The molecular weight excluding hydrogens is 423 g/mol. The molecule has 6 nitrogen and oxygen atoms in total. The number of nitrogens with zero attached hydrogens (tertiary/aromatic N) is 3. The Labute approximate surface area is 182 Å². The van der Waals surface area contributed by atoms with Gasteiger partial charge in [-0.3, -0.25) is 9.78 Å². The third-order valence-corrected chi connectivity index (χ3v) is 5.57. The minimum Gasteiger partial charge on any atom is -0.406 e. The van der Waals surface area contributed by atoms with Crippen molar-refractivity contribution < 1.29 is 27.5 Å². The molecule has 0 saturated carbocycles. The van der Waals surface area contributed by atoms with E-state index in [-0.39, 0.29) is 12.2 Å². The molecule has 0 N–H and O–H groups in total. The van der Waals surface area contributed by atoms with E-state index in [9.17, 15) is 22.8 Å². The highest BCUT2D eigenvalue weighted by Gasteiger charge is 2.52. The Morgan fingerprint density at radius 3 is 2.34 bits per heavy atom. The van der Waals surface area contributed by atoms with Crippen LogP contribution in [-0.4, -0.2) is 33.7 Å². The number of carbonyl (C=O) groups excluding carboxylic acids is 2. The second-order valence-corrected chi connectivity index (χ2v) is 8.05. The summed E-state index contributed by atoms with van der Waals surface area (Å²) in [5.41, 5.74) is 1.55. The lowest BCUT2D eigenvalue weighted by Crippen LogP contribution is -2.43. The van der Waals surface area contributed by atoms with Crippen LogP contribution in [0.5, 0.6) is 5.75 Å². The van der Waals surface area contributed by atoms with Crippen LogP contribution in [0.15, 0.2) is 54.7 Å². The van der Waals surface area contributed by atoms with E-state index in [1.165, 1.54) is 17.0 Å². The number of alkyl halides is 3. The Balaban J connectivity index is 1.67. The Bertz CT molecular complexity index is 1210. The fourth-order valence-electron chi connectivity index (χ4n) is 3.79. The Morgan fingerprint density at radius 2 is 1.69 bits per heavy atom. The summed E-state index contributed by atoms with van der Waals surface area (Å²) in [6, 6.07) is 11.6. The summed E-state index contributed by atoms with van der Waals surface area (Å²) in [4.78, 5) is 33.3. The third-order valence-electron chi connectivity index (χ3n) is 5.57. The van der Waals surface area contributed by atoms with Crippen LogP contribution in [0.1, 0.15) is 25.0 Å². The van der Waals surface area contributed by atoms with E-state index < -0.39 is 29.6 Å². The summed E-state index contributed by atoms with van der Waals surface area (Å²) in [5.74, 6) is -0.904. The highest BCUT2D eigenvalue weighted by molar-refractivity contribution is 6.23. The first-order valence-electron chi connectivity index (χ1n) is 9.84. The molecule has 32 heavy (non-hydrogen) atoms. The van der Waals surface area contributed by atoms with Crippen LogP contribution >= 0.6 is 0 Å². The van der Waals surface area contributed by atoms with Crippen LogP contribution < -0.4 is 9.64 Å². The molecule has 1 saturated heterocycles. The predicted molar refractivity (Wildman–Crippen MR) is 112 cm³/mol. The fourth-order valence-corrected chi connectivity index (χ4v) is 3.79. The van der Waals surface area contributed by atoms with Crippen molar-refractivity contribution >= 4 is 28.5 Å². The highest BCUT2D eigenvalue weighted by atomic mass is 19.4. The number of halogens is 3. The number of urea groups is 1. The normalized spacial score (nSPS) is 16.2. The summed E-state index contributed by atoms with van der Waals surface area (Å²) >= 11 is 0. The van der Waals surface area contributed by atoms with Gasteiger partial charge in [0.1, 0.15) is 11.3 Å². The zero-order chi connectivity index (χ0) is 23.3. The summed E-state index contributed by atoms with van der Waals surface area (Å²) in [7, 11) is 0.